The summed E-state index contributed by atoms with van der Waals surface area (Å²) in [5.74, 6) is -0.456. The molecule has 1 atom stereocenters. The van der Waals surface area contributed by atoms with Crippen molar-refractivity contribution in [1.29, 1.82) is 0 Å². The fraction of sp³-hybridized carbons (Fsp3) is 0.158. The largest absolute Gasteiger partial charge is 0.326 e. The molecule has 138 valence electrons. The Labute approximate surface area is 169 Å². The molecule has 2 N–H and O–H groups in total. The average molecular weight is 445 g/mol. The minimum Gasteiger partial charge on any atom is -0.326 e. The summed E-state index contributed by atoms with van der Waals surface area (Å²) in [6.45, 7) is 1.98. The highest BCUT2D eigenvalue weighted by atomic mass is 79.9. The fourth-order valence-electron chi connectivity index (χ4n) is 2.30. The maximum absolute atomic E-state index is 12.2. The molecule has 1 heterocycles. The molecule has 2 aromatic rings. The molecule has 0 radical (unpaired) electrons. The summed E-state index contributed by atoms with van der Waals surface area (Å²) in [4.78, 5) is 24.2. The lowest BCUT2D eigenvalue weighted by molar-refractivity contribution is -0.122. The standard InChI is InChI=1S/C19H17BrN4O2S/c1-12-2-8-15(9-3-12)22-17(25)10-16-18(26)23-19(27-16)24-21-11-13-4-6-14(20)7-5-13/h2-9,11,16H,10H2,1H3,(H,22,25)(H,23,24,26). The van der Waals surface area contributed by atoms with Crippen LogP contribution in [0.5, 0.6) is 0 Å². The maximum Gasteiger partial charge on any atom is 0.240 e. The van der Waals surface area contributed by atoms with Crippen molar-refractivity contribution in [2.45, 2.75) is 18.6 Å². The first-order valence-electron chi connectivity index (χ1n) is 8.20. The van der Waals surface area contributed by atoms with Crippen molar-refractivity contribution in [3.05, 3.63) is 64.1 Å². The minimum absolute atomic E-state index is 0.0693. The molecule has 0 spiro atoms. The van der Waals surface area contributed by atoms with E-state index >= 15 is 0 Å². The third-order valence-corrected chi connectivity index (χ3v) is 5.31. The Hall–Kier alpha value is -2.45. The maximum atomic E-state index is 12.2. The summed E-state index contributed by atoms with van der Waals surface area (Å²) in [5.41, 5.74) is 2.72. The lowest BCUT2D eigenvalue weighted by Gasteiger charge is -2.07. The van der Waals surface area contributed by atoms with E-state index in [0.29, 0.717) is 10.9 Å². The van der Waals surface area contributed by atoms with Gasteiger partial charge in [-0.05, 0) is 36.8 Å². The Bertz CT molecular complexity index is 895. The lowest BCUT2D eigenvalue weighted by atomic mass is 10.2. The number of hydrogen-bond donors (Lipinski definition) is 2. The first kappa shape index (κ1) is 19.3. The first-order valence-corrected chi connectivity index (χ1v) is 9.87. The van der Waals surface area contributed by atoms with Crippen LogP contribution in [0.3, 0.4) is 0 Å². The van der Waals surface area contributed by atoms with Crippen LogP contribution in [0.2, 0.25) is 0 Å². The molecule has 0 saturated carbocycles. The Morgan fingerprint density at radius 3 is 2.63 bits per heavy atom. The zero-order valence-electron chi connectivity index (χ0n) is 14.5. The molecule has 1 unspecified atom stereocenters. The van der Waals surface area contributed by atoms with E-state index in [2.05, 4.69) is 36.8 Å². The number of carbonyl (C=O) groups is 2. The third kappa shape index (κ3) is 5.77. The van der Waals surface area contributed by atoms with E-state index in [9.17, 15) is 9.59 Å². The van der Waals surface area contributed by atoms with Crippen LogP contribution in [0.4, 0.5) is 5.69 Å². The number of hydrogen-bond acceptors (Lipinski definition) is 5. The predicted octanol–water partition coefficient (Wildman–Crippen LogP) is 3.71. The van der Waals surface area contributed by atoms with Crippen molar-refractivity contribution in [2.75, 3.05) is 5.32 Å². The zero-order valence-corrected chi connectivity index (χ0v) is 16.9. The van der Waals surface area contributed by atoms with Gasteiger partial charge in [0.1, 0.15) is 5.25 Å². The van der Waals surface area contributed by atoms with Crippen LogP contribution < -0.4 is 10.6 Å². The van der Waals surface area contributed by atoms with Crippen LogP contribution in [0.25, 0.3) is 0 Å². The molecule has 1 fully saturated rings. The summed E-state index contributed by atoms with van der Waals surface area (Å²) < 4.78 is 0.983. The molecule has 6 nitrogen and oxygen atoms in total. The topological polar surface area (TPSA) is 82.9 Å². The predicted molar refractivity (Wildman–Crippen MR) is 113 cm³/mol. The SMILES string of the molecule is Cc1ccc(NC(=O)CC2SC(=NN=Cc3ccc(Br)cc3)NC2=O)cc1. The molecule has 2 aromatic carbocycles. The van der Waals surface area contributed by atoms with E-state index in [1.54, 1.807) is 6.21 Å². The number of anilines is 1. The highest BCUT2D eigenvalue weighted by Crippen LogP contribution is 2.23. The molecule has 2 amide bonds. The van der Waals surface area contributed by atoms with Gasteiger partial charge < -0.3 is 10.6 Å². The molecule has 0 bridgehead atoms. The van der Waals surface area contributed by atoms with Crippen molar-refractivity contribution in [1.82, 2.24) is 5.32 Å². The second kappa shape index (κ2) is 8.96. The molecule has 27 heavy (non-hydrogen) atoms. The first-order chi connectivity index (χ1) is 13.0. The fourth-order valence-corrected chi connectivity index (χ4v) is 3.49. The molecule has 1 saturated heterocycles. The van der Waals surface area contributed by atoms with Crippen LogP contribution >= 0.6 is 27.7 Å². The van der Waals surface area contributed by atoms with Gasteiger partial charge in [0.2, 0.25) is 11.8 Å². The summed E-state index contributed by atoms with van der Waals surface area (Å²) in [5, 5.41) is 13.3. The van der Waals surface area contributed by atoms with Gasteiger partial charge in [0.15, 0.2) is 5.17 Å². The van der Waals surface area contributed by atoms with Crippen LogP contribution in [0.15, 0.2) is 63.2 Å². The highest BCUT2D eigenvalue weighted by Gasteiger charge is 2.32. The van der Waals surface area contributed by atoms with Crippen molar-refractivity contribution in [2.24, 2.45) is 10.2 Å². The lowest BCUT2D eigenvalue weighted by Crippen LogP contribution is -2.28. The second-order valence-electron chi connectivity index (χ2n) is 5.92. The highest BCUT2D eigenvalue weighted by molar-refractivity contribution is 9.10. The average Bonchev–Trinajstić information content (AvgIpc) is 2.98. The number of benzene rings is 2. The van der Waals surface area contributed by atoms with E-state index in [-0.39, 0.29) is 18.2 Å². The summed E-state index contributed by atoms with van der Waals surface area (Å²) >= 11 is 4.57. The van der Waals surface area contributed by atoms with Crippen LogP contribution in [-0.2, 0) is 9.59 Å². The van der Waals surface area contributed by atoms with E-state index in [1.807, 2.05) is 55.5 Å². The molecule has 1 aliphatic heterocycles. The van der Waals surface area contributed by atoms with Crippen LogP contribution in [0.1, 0.15) is 17.5 Å². The van der Waals surface area contributed by atoms with Gasteiger partial charge in [0, 0.05) is 16.6 Å². The van der Waals surface area contributed by atoms with Crippen molar-refractivity contribution in [3.63, 3.8) is 0 Å². The number of carbonyl (C=O) groups excluding carboxylic acids is 2. The van der Waals surface area contributed by atoms with Crippen LogP contribution in [0, 0.1) is 6.92 Å². The summed E-state index contributed by atoms with van der Waals surface area (Å²) in [7, 11) is 0. The third-order valence-electron chi connectivity index (χ3n) is 3.71. The molecule has 0 aliphatic carbocycles. The second-order valence-corrected chi connectivity index (χ2v) is 8.02. The van der Waals surface area contributed by atoms with Crippen molar-refractivity contribution < 1.29 is 9.59 Å². The van der Waals surface area contributed by atoms with Crippen molar-refractivity contribution >= 4 is 56.6 Å². The normalized spacial score (nSPS) is 18.1. The summed E-state index contributed by atoms with van der Waals surface area (Å²) in [6.07, 6.45) is 1.67. The van der Waals surface area contributed by atoms with Gasteiger partial charge in [0.25, 0.3) is 0 Å². The monoisotopic (exact) mass is 444 g/mol. The molecule has 0 aromatic heterocycles. The van der Waals surface area contributed by atoms with Gasteiger partial charge in [-0.3, -0.25) is 9.59 Å². The van der Waals surface area contributed by atoms with Gasteiger partial charge >= 0.3 is 0 Å². The van der Waals surface area contributed by atoms with E-state index in [1.165, 1.54) is 11.8 Å². The molecular weight excluding hydrogens is 428 g/mol. The van der Waals surface area contributed by atoms with E-state index in [4.69, 9.17) is 0 Å². The number of nitrogens with zero attached hydrogens (tertiary/aromatic N) is 2. The molecule has 8 heteroatoms. The van der Waals surface area contributed by atoms with E-state index in [0.717, 1.165) is 15.6 Å². The number of nitrogens with one attached hydrogen (secondary N) is 2. The van der Waals surface area contributed by atoms with Crippen molar-refractivity contribution in [3.8, 4) is 0 Å². The van der Waals surface area contributed by atoms with Gasteiger partial charge in [-0.2, -0.15) is 5.10 Å². The summed E-state index contributed by atoms with van der Waals surface area (Å²) in [6, 6.07) is 15.1. The number of aryl methyl sites for hydroxylation is 1. The minimum atomic E-state index is -0.517. The molecular formula is C19H17BrN4O2S. The Balaban J connectivity index is 1.54. The van der Waals surface area contributed by atoms with Crippen LogP contribution in [-0.4, -0.2) is 28.4 Å². The molecule has 3 rings (SSSR count). The smallest absolute Gasteiger partial charge is 0.240 e. The number of rotatable bonds is 5. The van der Waals surface area contributed by atoms with Gasteiger partial charge in [0.05, 0.1) is 6.21 Å². The Kier molecular flexibility index (Phi) is 6.41. The van der Waals surface area contributed by atoms with Gasteiger partial charge in [-0.25, -0.2) is 0 Å². The number of halogens is 1. The number of thioether (sulfide) groups is 1. The van der Waals surface area contributed by atoms with E-state index < -0.39 is 5.25 Å². The number of amidine groups is 1. The Morgan fingerprint density at radius 2 is 1.93 bits per heavy atom. The number of amides is 2. The Morgan fingerprint density at radius 1 is 1.22 bits per heavy atom. The quantitative estimate of drug-likeness (QED) is 0.544. The van der Waals surface area contributed by atoms with Gasteiger partial charge in [-0.1, -0.05) is 57.5 Å². The van der Waals surface area contributed by atoms with Gasteiger partial charge in [-0.15, -0.1) is 5.10 Å². The molecule has 1 aliphatic rings. The zero-order chi connectivity index (χ0) is 19.2.